The van der Waals surface area contributed by atoms with Gasteiger partial charge in [-0.05, 0) is 64.5 Å². The molecule has 1 aromatic rings. The summed E-state index contributed by atoms with van der Waals surface area (Å²) in [4.78, 5) is 16.1. The average molecular weight is 412 g/mol. The molecule has 0 radical (unpaired) electrons. The van der Waals surface area contributed by atoms with Gasteiger partial charge >= 0.3 is 0 Å². The van der Waals surface area contributed by atoms with E-state index in [9.17, 15) is 13.2 Å². The average Bonchev–Trinajstić information content (AvgIpc) is 2.62. The molecule has 1 aliphatic rings. The Labute approximate surface area is 169 Å². The zero-order valence-electron chi connectivity index (χ0n) is 17.6. The molecule has 0 saturated carbocycles. The highest BCUT2D eigenvalue weighted by molar-refractivity contribution is 7.89. The van der Waals surface area contributed by atoms with Crippen LogP contribution in [0.1, 0.15) is 47.5 Å². The van der Waals surface area contributed by atoms with Crippen molar-refractivity contribution in [1.29, 1.82) is 0 Å². The Morgan fingerprint density at radius 3 is 2.54 bits per heavy atom. The lowest BCUT2D eigenvalue weighted by Crippen LogP contribution is -2.48. The molecule has 0 aliphatic carbocycles. The minimum Gasteiger partial charge on any atom is -0.484 e. The molecule has 158 valence electrons. The Balaban J connectivity index is 2.07. The molecule has 0 atom stereocenters. The van der Waals surface area contributed by atoms with Crippen LogP contribution in [-0.4, -0.2) is 57.5 Å². The van der Waals surface area contributed by atoms with Crippen molar-refractivity contribution in [2.75, 3.05) is 37.6 Å². The van der Waals surface area contributed by atoms with Crippen LogP contribution >= 0.6 is 0 Å². The van der Waals surface area contributed by atoms with Crippen molar-refractivity contribution < 1.29 is 17.9 Å². The summed E-state index contributed by atoms with van der Waals surface area (Å²) in [5.74, 6) is 0.376. The molecule has 0 unspecified atom stereocenters. The number of fused-ring (bicyclic) bond motifs is 1. The molecule has 1 amide bonds. The molecule has 1 heterocycles. The lowest BCUT2D eigenvalue weighted by atomic mass is 10.1. The topological polar surface area (TPSA) is 79.0 Å². The second-order valence-electron chi connectivity index (χ2n) is 7.73. The minimum absolute atomic E-state index is 0.142. The predicted octanol–water partition coefficient (Wildman–Crippen LogP) is 2.61. The Morgan fingerprint density at radius 1 is 1.25 bits per heavy atom. The van der Waals surface area contributed by atoms with Crippen LogP contribution in [0, 0.1) is 0 Å². The van der Waals surface area contributed by atoms with Crippen LogP contribution in [0.3, 0.4) is 0 Å². The van der Waals surface area contributed by atoms with Gasteiger partial charge in [-0.1, -0.05) is 13.8 Å². The van der Waals surface area contributed by atoms with E-state index in [4.69, 9.17) is 4.74 Å². The third-order valence-electron chi connectivity index (χ3n) is 4.92. The minimum atomic E-state index is -3.64. The van der Waals surface area contributed by atoms with Crippen molar-refractivity contribution >= 4 is 21.6 Å². The van der Waals surface area contributed by atoms with Crippen LogP contribution in [0.2, 0.25) is 0 Å². The summed E-state index contributed by atoms with van der Waals surface area (Å²) in [6.45, 7) is 13.3. The van der Waals surface area contributed by atoms with Gasteiger partial charge < -0.3 is 14.5 Å². The fourth-order valence-electron chi connectivity index (χ4n) is 3.33. The standard InChI is InChI=1S/C20H33N3O4S/c1-6-22(7-2)13-9-8-12-21-28(25,26)17-10-11-19-18(14-17)23(16(3)24)15-20(4,5)27-19/h10-11,14,21H,6-9,12-13,15H2,1-5H3. The van der Waals surface area contributed by atoms with Crippen LogP contribution in [0.4, 0.5) is 5.69 Å². The maximum atomic E-state index is 12.7. The number of nitrogens with zero attached hydrogens (tertiary/aromatic N) is 2. The van der Waals surface area contributed by atoms with Crippen molar-refractivity contribution in [3.63, 3.8) is 0 Å². The van der Waals surface area contributed by atoms with Gasteiger partial charge in [0, 0.05) is 13.5 Å². The van der Waals surface area contributed by atoms with Gasteiger partial charge in [-0.15, -0.1) is 0 Å². The molecule has 1 aliphatic heterocycles. The number of rotatable bonds is 9. The molecule has 2 rings (SSSR count). The Morgan fingerprint density at radius 2 is 1.93 bits per heavy atom. The number of sulfonamides is 1. The fourth-order valence-corrected chi connectivity index (χ4v) is 4.42. The molecule has 0 bridgehead atoms. The number of anilines is 1. The monoisotopic (exact) mass is 411 g/mol. The number of carbonyl (C=O) groups is 1. The van der Waals surface area contributed by atoms with Crippen molar-refractivity contribution in [3.05, 3.63) is 18.2 Å². The molecule has 0 fully saturated rings. The maximum absolute atomic E-state index is 12.7. The Hall–Kier alpha value is -1.64. The third kappa shape index (κ3) is 5.68. The highest BCUT2D eigenvalue weighted by atomic mass is 32.2. The Bertz CT molecular complexity index is 789. The Kier molecular flexibility index (Phi) is 7.47. The molecule has 0 saturated heterocycles. The van der Waals surface area contributed by atoms with E-state index in [0.29, 0.717) is 24.5 Å². The molecule has 0 aromatic heterocycles. The summed E-state index contributed by atoms with van der Waals surface area (Å²) < 4.78 is 33.9. The number of hydrogen-bond donors (Lipinski definition) is 1. The molecule has 28 heavy (non-hydrogen) atoms. The summed E-state index contributed by atoms with van der Waals surface area (Å²) in [6.07, 6.45) is 1.72. The molecular weight excluding hydrogens is 378 g/mol. The van der Waals surface area contributed by atoms with Gasteiger partial charge in [0.25, 0.3) is 0 Å². The van der Waals surface area contributed by atoms with E-state index in [1.54, 1.807) is 11.0 Å². The lowest BCUT2D eigenvalue weighted by molar-refractivity contribution is -0.117. The normalized spacial score (nSPS) is 16.0. The number of benzene rings is 1. The fraction of sp³-hybridized carbons (Fsp3) is 0.650. The van der Waals surface area contributed by atoms with E-state index in [1.807, 2.05) is 13.8 Å². The van der Waals surface area contributed by atoms with Gasteiger partial charge in [-0.25, -0.2) is 13.1 Å². The van der Waals surface area contributed by atoms with Gasteiger partial charge in [0.2, 0.25) is 15.9 Å². The number of carbonyl (C=O) groups excluding carboxylic acids is 1. The van der Waals surface area contributed by atoms with Crippen LogP contribution in [-0.2, 0) is 14.8 Å². The second kappa shape index (κ2) is 9.24. The highest BCUT2D eigenvalue weighted by Crippen LogP contribution is 2.38. The molecule has 8 heteroatoms. The SMILES string of the molecule is CCN(CC)CCCCNS(=O)(=O)c1ccc2c(c1)N(C(C)=O)CC(C)(C)O2. The first-order valence-electron chi connectivity index (χ1n) is 9.93. The summed E-state index contributed by atoms with van der Waals surface area (Å²) in [5.41, 5.74) is -0.0291. The highest BCUT2D eigenvalue weighted by Gasteiger charge is 2.34. The summed E-state index contributed by atoms with van der Waals surface area (Å²) in [7, 11) is -3.64. The smallest absolute Gasteiger partial charge is 0.240 e. The molecule has 7 nitrogen and oxygen atoms in total. The zero-order valence-corrected chi connectivity index (χ0v) is 18.4. The second-order valence-corrected chi connectivity index (χ2v) is 9.50. The van der Waals surface area contributed by atoms with Crippen molar-refractivity contribution in [2.24, 2.45) is 0 Å². The van der Waals surface area contributed by atoms with E-state index < -0.39 is 15.6 Å². The third-order valence-corrected chi connectivity index (χ3v) is 6.38. The lowest BCUT2D eigenvalue weighted by Gasteiger charge is -2.39. The van der Waals surface area contributed by atoms with E-state index in [-0.39, 0.29) is 10.8 Å². The number of nitrogens with one attached hydrogen (secondary N) is 1. The molecule has 1 aromatic carbocycles. The summed E-state index contributed by atoms with van der Waals surface area (Å²) >= 11 is 0. The first-order valence-corrected chi connectivity index (χ1v) is 11.4. The zero-order chi connectivity index (χ0) is 20.9. The van der Waals surface area contributed by atoms with E-state index in [0.717, 1.165) is 32.5 Å². The van der Waals surface area contributed by atoms with Crippen molar-refractivity contribution in [2.45, 2.75) is 58.0 Å². The van der Waals surface area contributed by atoms with Crippen LogP contribution < -0.4 is 14.4 Å². The number of ether oxygens (including phenoxy) is 1. The van der Waals surface area contributed by atoms with Gasteiger partial charge in [0.05, 0.1) is 17.1 Å². The van der Waals surface area contributed by atoms with Gasteiger partial charge in [-0.3, -0.25) is 4.79 Å². The predicted molar refractivity (Wildman–Crippen MR) is 111 cm³/mol. The van der Waals surface area contributed by atoms with Crippen LogP contribution in [0.5, 0.6) is 5.75 Å². The number of unbranched alkanes of at least 4 members (excludes halogenated alkanes) is 1. The number of amides is 1. The largest absolute Gasteiger partial charge is 0.484 e. The van der Waals surface area contributed by atoms with Gasteiger partial charge in [0.1, 0.15) is 11.4 Å². The van der Waals surface area contributed by atoms with Crippen LogP contribution in [0.25, 0.3) is 0 Å². The summed E-state index contributed by atoms with van der Waals surface area (Å²) in [5, 5.41) is 0. The van der Waals surface area contributed by atoms with Crippen LogP contribution in [0.15, 0.2) is 23.1 Å². The van der Waals surface area contributed by atoms with Crippen molar-refractivity contribution in [3.8, 4) is 5.75 Å². The van der Waals surface area contributed by atoms with Crippen molar-refractivity contribution in [1.82, 2.24) is 9.62 Å². The quantitative estimate of drug-likeness (QED) is 0.632. The molecule has 0 spiro atoms. The van der Waals surface area contributed by atoms with Gasteiger partial charge in [-0.2, -0.15) is 0 Å². The number of hydrogen-bond acceptors (Lipinski definition) is 5. The van der Waals surface area contributed by atoms with E-state index in [2.05, 4.69) is 23.5 Å². The molecular formula is C20H33N3O4S. The maximum Gasteiger partial charge on any atom is 0.240 e. The summed E-state index contributed by atoms with van der Waals surface area (Å²) in [6, 6.07) is 4.67. The van der Waals surface area contributed by atoms with E-state index in [1.165, 1.54) is 19.1 Å². The van der Waals surface area contributed by atoms with E-state index >= 15 is 0 Å². The first kappa shape index (κ1) is 22.6. The molecule has 1 N–H and O–H groups in total. The first-order chi connectivity index (χ1) is 13.1. The van der Waals surface area contributed by atoms with Gasteiger partial charge in [0.15, 0.2) is 0 Å².